The van der Waals surface area contributed by atoms with Crippen LogP contribution in [0.1, 0.15) is 28.4 Å². The Morgan fingerprint density at radius 3 is 2.26 bits per heavy atom. The number of hydrogen-bond acceptors (Lipinski definition) is 4. The van der Waals surface area contributed by atoms with Crippen LogP contribution in [-0.4, -0.2) is 19.0 Å². The van der Waals surface area contributed by atoms with Gasteiger partial charge in [-0.2, -0.15) is 0 Å². The third-order valence-corrected chi connectivity index (χ3v) is 3.55. The van der Waals surface area contributed by atoms with Gasteiger partial charge in [-0.25, -0.2) is 0 Å². The SMILES string of the molecule is COc1ccc(C(=O)N[C@@H](CC(=O)[O-])c2ccc(Cl)cc2)cc1. The third kappa shape index (κ3) is 4.72. The van der Waals surface area contributed by atoms with Crippen molar-refractivity contribution >= 4 is 23.5 Å². The molecule has 5 nitrogen and oxygen atoms in total. The van der Waals surface area contributed by atoms with Crippen molar-refractivity contribution in [3.63, 3.8) is 0 Å². The van der Waals surface area contributed by atoms with Gasteiger partial charge in [-0.15, -0.1) is 0 Å². The van der Waals surface area contributed by atoms with E-state index in [1.54, 1.807) is 48.5 Å². The number of nitrogens with one attached hydrogen (secondary N) is 1. The molecule has 0 spiro atoms. The lowest BCUT2D eigenvalue weighted by Crippen LogP contribution is -2.34. The summed E-state index contributed by atoms with van der Waals surface area (Å²) in [6.45, 7) is 0. The Balaban J connectivity index is 2.17. The van der Waals surface area contributed by atoms with Gasteiger partial charge in [-0.05, 0) is 42.0 Å². The van der Waals surface area contributed by atoms with Crippen LogP contribution in [0.2, 0.25) is 5.02 Å². The summed E-state index contributed by atoms with van der Waals surface area (Å²) in [6, 6.07) is 12.4. The van der Waals surface area contributed by atoms with E-state index in [4.69, 9.17) is 16.3 Å². The van der Waals surface area contributed by atoms with Crippen LogP contribution in [0.25, 0.3) is 0 Å². The van der Waals surface area contributed by atoms with Gasteiger partial charge in [0.1, 0.15) is 5.75 Å². The monoisotopic (exact) mass is 332 g/mol. The standard InChI is InChI=1S/C17H16ClNO4/c1-23-14-8-4-12(5-9-14)17(22)19-15(10-16(20)21)11-2-6-13(18)7-3-11/h2-9,15H,10H2,1H3,(H,19,22)(H,20,21)/p-1/t15-/m0/s1. The Morgan fingerprint density at radius 1 is 1.13 bits per heavy atom. The smallest absolute Gasteiger partial charge is 0.251 e. The summed E-state index contributed by atoms with van der Waals surface area (Å²) < 4.78 is 5.03. The highest BCUT2D eigenvalue weighted by Gasteiger charge is 2.16. The molecule has 120 valence electrons. The molecule has 0 saturated heterocycles. The fraction of sp³-hybridized carbons (Fsp3) is 0.176. The number of carbonyl (C=O) groups excluding carboxylic acids is 2. The zero-order chi connectivity index (χ0) is 16.8. The predicted octanol–water partition coefficient (Wildman–Crippen LogP) is 1.96. The second-order valence-electron chi connectivity index (χ2n) is 4.88. The molecule has 0 aromatic heterocycles. The number of amides is 1. The van der Waals surface area contributed by atoms with Crippen molar-refractivity contribution in [2.24, 2.45) is 0 Å². The van der Waals surface area contributed by atoms with Crippen molar-refractivity contribution in [1.29, 1.82) is 0 Å². The molecule has 0 aliphatic carbocycles. The van der Waals surface area contributed by atoms with Gasteiger partial charge in [-0.3, -0.25) is 4.79 Å². The lowest BCUT2D eigenvalue weighted by molar-refractivity contribution is -0.306. The maximum atomic E-state index is 12.3. The zero-order valence-corrected chi connectivity index (χ0v) is 13.2. The molecule has 1 atom stereocenters. The number of carboxylic acid groups (broad SMARTS) is 1. The fourth-order valence-electron chi connectivity index (χ4n) is 2.10. The van der Waals surface area contributed by atoms with Crippen LogP contribution < -0.4 is 15.2 Å². The highest BCUT2D eigenvalue weighted by Crippen LogP contribution is 2.20. The highest BCUT2D eigenvalue weighted by atomic mass is 35.5. The summed E-state index contributed by atoms with van der Waals surface area (Å²) in [5.74, 6) is -1.00. The van der Waals surface area contributed by atoms with E-state index in [-0.39, 0.29) is 12.3 Å². The minimum absolute atomic E-state index is 0.330. The van der Waals surface area contributed by atoms with Gasteiger partial charge in [0.2, 0.25) is 0 Å². The quantitative estimate of drug-likeness (QED) is 0.877. The van der Waals surface area contributed by atoms with E-state index in [1.165, 1.54) is 7.11 Å². The second-order valence-corrected chi connectivity index (χ2v) is 5.32. The molecule has 2 aromatic carbocycles. The molecule has 23 heavy (non-hydrogen) atoms. The van der Waals surface area contributed by atoms with Gasteiger partial charge in [0.05, 0.1) is 13.2 Å². The molecule has 0 saturated carbocycles. The first kappa shape index (κ1) is 16.8. The van der Waals surface area contributed by atoms with Gasteiger partial charge in [0.15, 0.2) is 0 Å². The number of hydrogen-bond donors (Lipinski definition) is 1. The maximum absolute atomic E-state index is 12.3. The average Bonchev–Trinajstić information content (AvgIpc) is 2.54. The van der Waals surface area contributed by atoms with Crippen LogP contribution in [0.4, 0.5) is 0 Å². The molecule has 1 N–H and O–H groups in total. The molecule has 0 aliphatic rings. The summed E-state index contributed by atoms with van der Waals surface area (Å²) in [6.07, 6.45) is -0.330. The topological polar surface area (TPSA) is 78.5 Å². The molecule has 0 bridgehead atoms. The average molecular weight is 333 g/mol. The largest absolute Gasteiger partial charge is 0.550 e. The Hall–Kier alpha value is -2.53. The van der Waals surface area contributed by atoms with Crippen LogP contribution in [-0.2, 0) is 4.79 Å². The molecule has 0 radical (unpaired) electrons. The summed E-state index contributed by atoms with van der Waals surface area (Å²) >= 11 is 5.82. The first-order chi connectivity index (χ1) is 11.0. The minimum atomic E-state index is -1.25. The van der Waals surface area contributed by atoms with Gasteiger partial charge in [0.25, 0.3) is 5.91 Å². The number of carboxylic acids is 1. The Morgan fingerprint density at radius 2 is 1.74 bits per heavy atom. The van der Waals surface area contributed by atoms with Gasteiger partial charge < -0.3 is 20.0 Å². The third-order valence-electron chi connectivity index (χ3n) is 3.30. The molecule has 0 unspecified atom stereocenters. The first-order valence-corrected chi connectivity index (χ1v) is 7.27. The Kier molecular flexibility index (Phi) is 5.60. The lowest BCUT2D eigenvalue weighted by atomic mass is 10.0. The molecule has 0 fully saturated rings. The second kappa shape index (κ2) is 7.65. The van der Waals surface area contributed by atoms with E-state index in [0.29, 0.717) is 21.9 Å². The summed E-state index contributed by atoms with van der Waals surface area (Å²) in [4.78, 5) is 23.2. The van der Waals surface area contributed by atoms with Gasteiger partial charge in [-0.1, -0.05) is 23.7 Å². The summed E-state index contributed by atoms with van der Waals surface area (Å²) in [7, 11) is 1.53. The van der Waals surface area contributed by atoms with E-state index in [1.807, 2.05) is 0 Å². The molecular formula is C17H15ClNO4-. The van der Waals surface area contributed by atoms with Crippen LogP contribution in [0.15, 0.2) is 48.5 Å². The van der Waals surface area contributed by atoms with Crippen molar-refractivity contribution in [2.45, 2.75) is 12.5 Å². The van der Waals surface area contributed by atoms with Crippen molar-refractivity contribution in [2.75, 3.05) is 7.11 Å². The van der Waals surface area contributed by atoms with E-state index in [9.17, 15) is 14.7 Å². The number of carbonyl (C=O) groups is 2. The van der Waals surface area contributed by atoms with Crippen molar-refractivity contribution in [1.82, 2.24) is 5.32 Å². The van der Waals surface area contributed by atoms with Crippen LogP contribution in [0.5, 0.6) is 5.75 Å². The summed E-state index contributed by atoms with van der Waals surface area (Å²) in [5.41, 5.74) is 1.04. The van der Waals surface area contributed by atoms with E-state index < -0.39 is 12.0 Å². The fourth-order valence-corrected chi connectivity index (χ4v) is 2.22. The molecule has 1 amide bonds. The first-order valence-electron chi connectivity index (χ1n) is 6.90. The number of rotatable bonds is 6. The highest BCUT2D eigenvalue weighted by molar-refractivity contribution is 6.30. The lowest BCUT2D eigenvalue weighted by Gasteiger charge is -2.20. The normalized spacial score (nSPS) is 11.6. The van der Waals surface area contributed by atoms with Crippen LogP contribution in [0, 0.1) is 0 Å². The van der Waals surface area contributed by atoms with Crippen molar-refractivity contribution < 1.29 is 19.4 Å². The zero-order valence-electron chi connectivity index (χ0n) is 12.4. The number of benzene rings is 2. The van der Waals surface area contributed by atoms with Gasteiger partial charge >= 0.3 is 0 Å². The number of halogens is 1. The van der Waals surface area contributed by atoms with E-state index in [2.05, 4.69) is 5.32 Å². The number of aliphatic carboxylic acids is 1. The van der Waals surface area contributed by atoms with Gasteiger partial charge in [0, 0.05) is 23.0 Å². The molecule has 0 heterocycles. The number of methoxy groups -OCH3 is 1. The minimum Gasteiger partial charge on any atom is -0.550 e. The predicted molar refractivity (Wildman–Crippen MR) is 84.3 cm³/mol. The number of ether oxygens (including phenoxy) is 1. The molecule has 0 aliphatic heterocycles. The summed E-state index contributed by atoms with van der Waals surface area (Å²) in [5, 5.41) is 14.2. The Bertz CT molecular complexity index is 683. The molecule has 2 aromatic rings. The molecular weight excluding hydrogens is 318 g/mol. The van der Waals surface area contributed by atoms with Crippen LogP contribution >= 0.6 is 11.6 Å². The maximum Gasteiger partial charge on any atom is 0.251 e. The molecule has 6 heteroatoms. The van der Waals surface area contributed by atoms with E-state index >= 15 is 0 Å². The van der Waals surface area contributed by atoms with E-state index in [0.717, 1.165) is 0 Å². The molecule has 2 rings (SSSR count). The van der Waals surface area contributed by atoms with Crippen molar-refractivity contribution in [3.05, 3.63) is 64.7 Å². The van der Waals surface area contributed by atoms with Crippen LogP contribution in [0.3, 0.4) is 0 Å². The van der Waals surface area contributed by atoms with Crippen molar-refractivity contribution in [3.8, 4) is 5.75 Å². The Labute approximate surface area is 138 Å².